The molecule has 0 aliphatic carbocycles. The topological polar surface area (TPSA) is 99.1 Å². The number of primary amides is 2. The first kappa shape index (κ1) is 11.6. The Balaban J connectivity index is 0.000000187. The number of aromatic nitrogens is 1. The van der Waals surface area contributed by atoms with Gasteiger partial charge >= 0.3 is 11.8 Å². The van der Waals surface area contributed by atoms with Gasteiger partial charge in [-0.3, -0.25) is 14.6 Å². The Labute approximate surface area is 92.1 Å². The number of nitrogens with zero attached hydrogens (tertiary/aromatic N) is 1. The molecule has 5 heteroatoms. The second-order valence-corrected chi connectivity index (χ2v) is 2.92. The van der Waals surface area contributed by atoms with Crippen molar-refractivity contribution in [2.75, 3.05) is 0 Å². The summed E-state index contributed by atoms with van der Waals surface area (Å²) in [5.41, 5.74) is 9.70. The molecular weight excluding hydrogens is 206 g/mol. The molecule has 0 aliphatic rings. The molecule has 1 aromatic heterocycles. The Bertz CT molecular complexity index is 434. The van der Waals surface area contributed by atoms with Crippen molar-refractivity contribution >= 4 is 22.7 Å². The van der Waals surface area contributed by atoms with Gasteiger partial charge in [0.1, 0.15) is 0 Å². The Morgan fingerprint density at radius 1 is 0.938 bits per heavy atom. The van der Waals surface area contributed by atoms with Crippen molar-refractivity contribution < 1.29 is 9.59 Å². The first-order valence-electron chi connectivity index (χ1n) is 4.50. The van der Waals surface area contributed by atoms with Crippen LogP contribution in [-0.2, 0) is 9.59 Å². The van der Waals surface area contributed by atoms with E-state index >= 15 is 0 Å². The number of benzene rings is 1. The molecule has 16 heavy (non-hydrogen) atoms. The Hall–Kier alpha value is -2.43. The molecule has 2 amide bonds. The van der Waals surface area contributed by atoms with E-state index in [2.05, 4.69) is 28.6 Å². The second-order valence-electron chi connectivity index (χ2n) is 2.92. The molecule has 0 bridgehead atoms. The lowest BCUT2D eigenvalue weighted by atomic mass is 10.2. The van der Waals surface area contributed by atoms with E-state index < -0.39 is 11.8 Å². The number of carbonyl (C=O) groups is 2. The van der Waals surface area contributed by atoms with Gasteiger partial charge in [-0.2, -0.15) is 0 Å². The molecule has 0 spiro atoms. The van der Waals surface area contributed by atoms with Crippen molar-refractivity contribution in [1.82, 2.24) is 4.98 Å². The Morgan fingerprint density at radius 2 is 1.50 bits per heavy atom. The lowest BCUT2D eigenvalue weighted by Gasteiger charge is -1.91. The minimum Gasteiger partial charge on any atom is -0.361 e. The molecule has 0 radical (unpaired) electrons. The number of pyridine rings is 1. The zero-order valence-electron chi connectivity index (χ0n) is 8.46. The molecule has 0 atom stereocenters. The summed E-state index contributed by atoms with van der Waals surface area (Å²) in [5, 5.41) is 1.20. The highest BCUT2D eigenvalue weighted by molar-refractivity contribution is 6.33. The van der Waals surface area contributed by atoms with Crippen LogP contribution in [0, 0.1) is 0 Å². The van der Waals surface area contributed by atoms with Crippen LogP contribution in [0.25, 0.3) is 10.9 Å². The molecule has 5 nitrogen and oxygen atoms in total. The van der Waals surface area contributed by atoms with Crippen molar-refractivity contribution in [3.8, 4) is 0 Å². The van der Waals surface area contributed by atoms with Gasteiger partial charge in [0.15, 0.2) is 0 Å². The molecule has 1 heterocycles. The number of carbonyl (C=O) groups excluding carboxylic acids is 2. The Morgan fingerprint density at radius 3 is 2.06 bits per heavy atom. The van der Waals surface area contributed by atoms with Crippen molar-refractivity contribution in [3.63, 3.8) is 0 Å². The summed E-state index contributed by atoms with van der Waals surface area (Å²) in [6, 6.07) is 12.1. The highest BCUT2D eigenvalue weighted by atomic mass is 16.2. The highest BCUT2D eigenvalue weighted by Crippen LogP contribution is 2.07. The lowest BCUT2D eigenvalue weighted by molar-refractivity contribution is -0.135. The smallest absolute Gasteiger partial charge is 0.306 e. The normalized spacial score (nSPS) is 9.00. The molecule has 0 saturated carbocycles. The van der Waals surface area contributed by atoms with E-state index in [-0.39, 0.29) is 0 Å². The third-order valence-corrected chi connectivity index (χ3v) is 1.76. The minimum absolute atomic E-state index is 1.06. The molecule has 2 aromatic rings. The standard InChI is InChI=1S/C9H7N.C2H4N2O2/c1-2-6-9-8(4-1)5-3-7-10-9;3-1(5)2(4)6/h1-7H;(H2,3,5)(H2,4,6). The maximum atomic E-state index is 9.45. The molecule has 0 aliphatic heterocycles. The van der Waals surface area contributed by atoms with Crippen LogP contribution in [0.2, 0.25) is 0 Å². The van der Waals surface area contributed by atoms with E-state index in [1.165, 1.54) is 5.39 Å². The van der Waals surface area contributed by atoms with Crippen molar-refractivity contribution in [2.24, 2.45) is 11.5 Å². The number of rotatable bonds is 0. The van der Waals surface area contributed by atoms with Crippen molar-refractivity contribution in [2.45, 2.75) is 0 Å². The molecule has 2 rings (SSSR count). The third kappa shape index (κ3) is 3.38. The summed E-state index contributed by atoms with van der Waals surface area (Å²) in [6.07, 6.45) is 1.81. The second kappa shape index (κ2) is 5.45. The minimum atomic E-state index is -1.10. The number of nitrogens with two attached hydrogens (primary N) is 2. The van der Waals surface area contributed by atoms with Crippen LogP contribution in [0.5, 0.6) is 0 Å². The van der Waals surface area contributed by atoms with Gasteiger partial charge in [-0.1, -0.05) is 24.3 Å². The van der Waals surface area contributed by atoms with Gasteiger partial charge < -0.3 is 11.5 Å². The Kier molecular flexibility index (Phi) is 3.97. The quantitative estimate of drug-likeness (QED) is 0.616. The number of hydrogen-bond acceptors (Lipinski definition) is 3. The number of para-hydroxylation sites is 1. The summed E-state index contributed by atoms with van der Waals surface area (Å²) >= 11 is 0. The summed E-state index contributed by atoms with van der Waals surface area (Å²) in [4.78, 5) is 23.1. The van der Waals surface area contributed by atoms with Crippen LogP contribution >= 0.6 is 0 Å². The van der Waals surface area contributed by atoms with Gasteiger partial charge in [0.2, 0.25) is 0 Å². The average Bonchev–Trinajstić information content (AvgIpc) is 2.30. The number of hydrogen-bond donors (Lipinski definition) is 2. The molecule has 82 valence electrons. The van der Waals surface area contributed by atoms with E-state index in [1.807, 2.05) is 30.5 Å². The summed E-state index contributed by atoms with van der Waals surface area (Å²) in [7, 11) is 0. The SMILES string of the molecule is NC(=O)C(N)=O.c1ccc2ncccc2c1. The maximum Gasteiger partial charge on any atom is 0.306 e. The first-order valence-corrected chi connectivity index (χ1v) is 4.50. The van der Waals surface area contributed by atoms with Gasteiger partial charge in [0.05, 0.1) is 5.52 Å². The monoisotopic (exact) mass is 217 g/mol. The van der Waals surface area contributed by atoms with Gasteiger partial charge in [-0.25, -0.2) is 0 Å². The number of amides is 2. The highest BCUT2D eigenvalue weighted by Gasteiger charge is 1.96. The molecular formula is C11H11N3O2. The largest absolute Gasteiger partial charge is 0.361 e. The van der Waals surface area contributed by atoms with E-state index in [0.29, 0.717) is 0 Å². The molecule has 1 aromatic carbocycles. The fourth-order valence-corrected chi connectivity index (χ4v) is 1.02. The molecule has 4 N–H and O–H groups in total. The van der Waals surface area contributed by atoms with Gasteiger partial charge in [-0.05, 0) is 12.1 Å². The predicted molar refractivity (Wildman–Crippen MR) is 60.1 cm³/mol. The van der Waals surface area contributed by atoms with Gasteiger partial charge in [-0.15, -0.1) is 0 Å². The lowest BCUT2D eigenvalue weighted by Crippen LogP contribution is -2.29. The zero-order valence-corrected chi connectivity index (χ0v) is 8.46. The summed E-state index contributed by atoms with van der Waals surface area (Å²) in [5.74, 6) is -2.20. The maximum absolute atomic E-state index is 9.45. The van der Waals surface area contributed by atoms with Crippen LogP contribution in [0.3, 0.4) is 0 Å². The summed E-state index contributed by atoms with van der Waals surface area (Å²) < 4.78 is 0. The first-order chi connectivity index (χ1) is 7.61. The van der Waals surface area contributed by atoms with Gasteiger partial charge in [0, 0.05) is 11.6 Å². The van der Waals surface area contributed by atoms with Gasteiger partial charge in [0.25, 0.3) is 0 Å². The van der Waals surface area contributed by atoms with E-state index in [9.17, 15) is 9.59 Å². The molecule has 0 unspecified atom stereocenters. The van der Waals surface area contributed by atoms with Crippen LogP contribution in [0.4, 0.5) is 0 Å². The van der Waals surface area contributed by atoms with Crippen molar-refractivity contribution in [1.29, 1.82) is 0 Å². The number of fused-ring (bicyclic) bond motifs is 1. The van der Waals surface area contributed by atoms with Crippen LogP contribution in [-0.4, -0.2) is 16.8 Å². The predicted octanol–water partition coefficient (Wildman–Crippen LogP) is 0.192. The van der Waals surface area contributed by atoms with Crippen LogP contribution in [0.1, 0.15) is 0 Å². The fourth-order valence-electron chi connectivity index (χ4n) is 1.02. The fraction of sp³-hybridized carbons (Fsp3) is 0. The van der Waals surface area contributed by atoms with E-state index in [1.54, 1.807) is 0 Å². The average molecular weight is 217 g/mol. The van der Waals surface area contributed by atoms with Crippen LogP contribution < -0.4 is 11.5 Å². The third-order valence-electron chi connectivity index (χ3n) is 1.76. The summed E-state index contributed by atoms with van der Waals surface area (Å²) in [6.45, 7) is 0. The zero-order chi connectivity index (χ0) is 12.0. The molecule has 0 saturated heterocycles. The van der Waals surface area contributed by atoms with Crippen LogP contribution in [0.15, 0.2) is 42.6 Å². The molecule has 0 fully saturated rings. The van der Waals surface area contributed by atoms with E-state index in [4.69, 9.17) is 0 Å². The van der Waals surface area contributed by atoms with E-state index in [0.717, 1.165) is 5.52 Å². The van der Waals surface area contributed by atoms with Crippen molar-refractivity contribution in [3.05, 3.63) is 42.6 Å².